The summed E-state index contributed by atoms with van der Waals surface area (Å²) in [5.41, 5.74) is 2.32. The van der Waals surface area contributed by atoms with Gasteiger partial charge in [-0.25, -0.2) is 4.98 Å². The van der Waals surface area contributed by atoms with Crippen LogP contribution in [0.1, 0.15) is 15.2 Å². The number of aryl methyl sites for hydroxylation is 1. The SMILES string of the molecule is Cc1cnc(NC(=O)c2ccc([N+](=O)[O-])c(NN)c2)s1. The zero-order valence-corrected chi connectivity index (χ0v) is 11.2. The van der Waals surface area contributed by atoms with Crippen molar-refractivity contribution < 1.29 is 9.72 Å². The number of nitrogens with one attached hydrogen (secondary N) is 2. The van der Waals surface area contributed by atoms with Crippen molar-refractivity contribution in [1.82, 2.24) is 4.98 Å². The average Bonchev–Trinajstić information content (AvgIpc) is 2.83. The molecule has 0 saturated heterocycles. The van der Waals surface area contributed by atoms with Crippen LogP contribution >= 0.6 is 11.3 Å². The molecule has 0 spiro atoms. The Bertz CT molecular complexity index is 670. The van der Waals surface area contributed by atoms with Gasteiger partial charge in [-0.05, 0) is 19.1 Å². The fourth-order valence-electron chi connectivity index (χ4n) is 1.53. The van der Waals surface area contributed by atoms with Crippen LogP contribution in [-0.2, 0) is 0 Å². The maximum atomic E-state index is 12.0. The monoisotopic (exact) mass is 293 g/mol. The van der Waals surface area contributed by atoms with Crippen LogP contribution in [-0.4, -0.2) is 15.8 Å². The number of hydrogen-bond donors (Lipinski definition) is 3. The Morgan fingerprint density at radius 1 is 1.50 bits per heavy atom. The molecule has 2 rings (SSSR count). The van der Waals surface area contributed by atoms with Gasteiger partial charge in [0.1, 0.15) is 5.69 Å². The summed E-state index contributed by atoms with van der Waals surface area (Å²) in [6.45, 7) is 1.87. The molecule has 0 unspecified atom stereocenters. The molecule has 1 heterocycles. The van der Waals surface area contributed by atoms with Gasteiger partial charge < -0.3 is 5.43 Å². The Kier molecular flexibility index (Phi) is 3.91. The molecule has 0 aliphatic heterocycles. The first-order chi connectivity index (χ1) is 9.51. The molecule has 20 heavy (non-hydrogen) atoms. The van der Waals surface area contributed by atoms with E-state index in [-0.39, 0.29) is 16.9 Å². The van der Waals surface area contributed by atoms with Crippen molar-refractivity contribution in [2.45, 2.75) is 6.92 Å². The van der Waals surface area contributed by atoms with Gasteiger partial charge in [0.05, 0.1) is 4.92 Å². The van der Waals surface area contributed by atoms with Gasteiger partial charge in [0.25, 0.3) is 11.6 Å². The Hall–Kier alpha value is -2.52. The van der Waals surface area contributed by atoms with Crippen molar-refractivity contribution in [3.05, 3.63) is 45.0 Å². The van der Waals surface area contributed by atoms with Gasteiger partial charge in [-0.1, -0.05) is 0 Å². The summed E-state index contributed by atoms with van der Waals surface area (Å²) < 4.78 is 0. The number of nitrogen functional groups attached to an aromatic ring is 1. The van der Waals surface area contributed by atoms with Crippen molar-refractivity contribution >= 4 is 33.8 Å². The molecule has 0 aliphatic carbocycles. The first-order valence-electron chi connectivity index (χ1n) is 5.50. The number of hydrogen-bond acceptors (Lipinski definition) is 7. The van der Waals surface area contributed by atoms with Crippen LogP contribution in [0.15, 0.2) is 24.4 Å². The lowest BCUT2D eigenvalue weighted by molar-refractivity contribution is -0.384. The highest BCUT2D eigenvalue weighted by Crippen LogP contribution is 2.25. The quantitative estimate of drug-likeness (QED) is 0.449. The first-order valence-corrected chi connectivity index (χ1v) is 6.31. The van der Waals surface area contributed by atoms with Crippen LogP contribution in [0, 0.1) is 17.0 Å². The smallest absolute Gasteiger partial charge is 0.293 e. The van der Waals surface area contributed by atoms with Crippen LogP contribution in [0.4, 0.5) is 16.5 Å². The van der Waals surface area contributed by atoms with E-state index < -0.39 is 10.8 Å². The normalized spacial score (nSPS) is 10.1. The summed E-state index contributed by atoms with van der Waals surface area (Å²) in [5.74, 6) is 4.81. The minimum Gasteiger partial charge on any atom is -0.318 e. The van der Waals surface area contributed by atoms with Crippen molar-refractivity contribution in [2.75, 3.05) is 10.7 Å². The van der Waals surface area contributed by atoms with Gasteiger partial charge in [-0.3, -0.25) is 26.1 Å². The molecule has 0 atom stereocenters. The van der Waals surface area contributed by atoms with Gasteiger partial charge in [-0.2, -0.15) is 0 Å². The minimum atomic E-state index is -0.582. The number of nitro benzene ring substituents is 1. The highest BCUT2D eigenvalue weighted by molar-refractivity contribution is 7.15. The van der Waals surface area contributed by atoms with E-state index in [9.17, 15) is 14.9 Å². The zero-order valence-electron chi connectivity index (χ0n) is 10.4. The van der Waals surface area contributed by atoms with Crippen LogP contribution in [0.2, 0.25) is 0 Å². The third-order valence-electron chi connectivity index (χ3n) is 2.45. The van der Waals surface area contributed by atoms with Gasteiger partial charge in [0.2, 0.25) is 0 Å². The van der Waals surface area contributed by atoms with E-state index in [0.29, 0.717) is 5.13 Å². The fourth-order valence-corrected chi connectivity index (χ4v) is 2.19. The number of rotatable bonds is 4. The van der Waals surface area contributed by atoms with Crippen molar-refractivity contribution in [1.29, 1.82) is 0 Å². The van der Waals surface area contributed by atoms with E-state index in [2.05, 4.69) is 15.7 Å². The standard InChI is InChI=1S/C11H11N5O3S/c1-6-5-13-11(20-6)14-10(17)7-2-3-9(16(18)19)8(4-7)15-12/h2-5,15H,12H2,1H3,(H,13,14,17). The van der Waals surface area contributed by atoms with Crippen LogP contribution < -0.4 is 16.6 Å². The molecule has 4 N–H and O–H groups in total. The number of nitrogens with zero attached hydrogens (tertiary/aromatic N) is 2. The molecular formula is C11H11N5O3S. The Morgan fingerprint density at radius 2 is 2.25 bits per heavy atom. The number of nitrogens with two attached hydrogens (primary N) is 1. The van der Waals surface area contributed by atoms with E-state index >= 15 is 0 Å². The number of carbonyl (C=O) groups excluding carboxylic acids is 1. The molecule has 2 aromatic rings. The number of hydrazine groups is 1. The molecule has 1 aromatic heterocycles. The summed E-state index contributed by atoms with van der Waals surface area (Å²) >= 11 is 1.34. The second kappa shape index (κ2) is 5.63. The number of thiazole rings is 1. The van der Waals surface area contributed by atoms with Crippen LogP contribution in [0.3, 0.4) is 0 Å². The molecular weight excluding hydrogens is 282 g/mol. The molecule has 0 fully saturated rings. The first kappa shape index (κ1) is 13.9. The maximum absolute atomic E-state index is 12.0. The molecule has 0 bridgehead atoms. The average molecular weight is 293 g/mol. The van der Waals surface area contributed by atoms with Gasteiger partial charge in [0.15, 0.2) is 5.13 Å². The number of anilines is 2. The highest BCUT2D eigenvalue weighted by atomic mass is 32.1. The minimum absolute atomic E-state index is 0.0676. The molecule has 1 aromatic carbocycles. The Morgan fingerprint density at radius 3 is 2.80 bits per heavy atom. The second-order valence-electron chi connectivity index (χ2n) is 3.86. The number of benzene rings is 1. The fraction of sp³-hybridized carbons (Fsp3) is 0.0909. The number of aromatic nitrogens is 1. The van der Waals surface area contributed by atoms with Gasteiger partial charge in [0, 0.05) is 22.7 Å². The second-order valence-corrected chi connectivity index (χ2v) is 5.10. The third-order valence-corrected chi connectivity index (χ3v) is 3.28. The highest BCUT2D eigenvalue weighted by Gasteiger charge is 2.16. The Balaban J connectivity index is 2.24. The van der Waals surface area contributed by atoms with Crippen LogP contribution in [0.5, 0.6) is 0 Å². The van der Waals surface area contributed by atoms with E-state index in [1.54, 1.807) is 6.20 Å². The van der Waals surface area contributed by atoms with E-state index in [1.807, 2.05) is 6.92 Å². The molecule has 0 aliphatic rings. The summed E-state index contributed by atoms with van der Waals surface area (Å²) in [6, 6.07) is 3.89. The predicted molar refractivity (Wildman–Crippen MR) is 75.7 cm³/mol. The summed E-state index contributed by atoms with van der Waals surface area (Å²) in [7, 11) is 0. The molecule has 9 heteroatoms. The Labute approximate surface area is 117 Å². The van der Waals surface area contributed by atoms with Gasteiger partial charge >= 0.3 is 0 Å². The van der Waals surface area contributed by atoms with Crippen molar-refractivity contribution in [2.24, 2.45) is 5.84 Å². The van der Waals surface area contributed by atoms with Gasteiger partial charge in [-0.15, -0.1) is 11.3 Å². The number of nitro groups is 1. The zero-order chi connectivity index (χ0) is 14.7. The maximum Gasteiger partial charge on any atom is 0.293 e. The topological polar surface area (TPSA) is 123 Å². The molecule has 104 valence electrons. The lowest BCUT2D eigenvalue weighted by atomic mass is 10.1. The van der Waals surface area contributed by atoms with E-state index in [1.165, 1.54) is 29.5 Å². The largest absolute Gasteiger partial charge is 0.318 e. The van der Waals surface area contributed by atoms with Crippen molar-refractivity contribution in [3.8, 4) is 0 Å². The predicted octanol–water partition coefficient (Wildman–Crippen LogP) is 1.90. The lowest BCUT2D eigenvalue weighted by Gasteiger charge is -2.05. The molecule has 0 radical (unpaired) electrons. The third kappa shape index (κ3) is 2.90. The summed E-state index contributed by atoms with van der Waals surface area (Å²) in [5, 5.41) is 13.8. The van der Waals surface area contributed by atoms with E-state index in [0.717, 1.165) is 4.88 Å². The molecule has 0 saturated carbocycles. The lowest BCUT2D eigenvalue weighted by Crippen LogP contribution is -2.14. The number of amides is 1. The molecule has 1 amide bonds. The van der Waals surface area contributed by atoms with Crippen LogP contribution in [0.25, 0.3) is 0 Å². The van der Waals surface area contributed by atoms with E-state index in [4.69, 9.17) is 5.84 Å². The summed E-state index contributed by atoms with van der Waals surface area (Å²) in [4.78, 5) is 27.1. The number of carbonyl (C=O) groups is 1. The molecule has 8 nitrogen and oxygen atoms in total. The van der Waals surface area contributed by atoms with Crippen molar-refractivity contribution in [3.63, 3.8) is 0 Å². The summed E-state index contributed by atoms with van der Waals surface area (Å²) in [6.07, 6.45) is 1.64.